The van der Waals surface area contributed by atoms with Gasteiger partial charge in [0.05, 0.1) is 5.57 Å². The zero-order chi connectivity index (χ0) is 17.9. The van der Waals surface area contributed by atoms with Crippen LogP contribution < -0.4 is 0 Å². The number of carbonyl (C=O) groups is 2. The molecule has 0 aromatic carbocycles. The van der Waals surface area contributed by atoms with Gasteiger partial charge in [-0.25, -0.2) is 9.59 Å². The number of ether oxygens (including phenoxy) is 1. The van der Waals surface area contributed by atoms with Crippen LogP contribution in [-0.2, 0) is 14.3 Å². The fraction of sp³-hybridized carbons (Fsp3) is 0.429. The summed E-state index contributed by atoms with van der Waals surface area (Å²) < 4.78 is 4.62. The van der Waals surface area contributed by atoms with Crippen LogP contribution in [0.1, 0.15) is 53.9 Å². The van der Waals surface area contributed by atoms with Gasteiger partial charge in [-0.3, -0.25) is 0 Å². The van der Waals surface area contributed by atoms with E-state index in [0.717, 1.165) is 5.57 Å². The molecule has 2 aliphatic rings. The molecule has 0 saturated heterocycles. The minimum Gasteiger partial charge on any atom is -0.386 e. The monoisotopic (exact) mass is 326 g/mol. The summed E-state index contributed by atoms with van der Waals surface area (Å²) in [5.41, 5.74) is 5.19. The summed E-state index contributed by atoms with van der Waals surface area (Å²) in [6, 6.07) is 0. The van der Waals surface area contributed by atoms with E-state index in [1.807, 2.05) is 13.0 Å². The average molecular weight is 326 g/mol. The standard InChI is InChI=1S/C21H26O3/c1-14(8-10-17-16(3)13-19(22)24-20(17)23)9-11-18-15(2)7-6-12-21(18,4)5/h8-11,13H,6-7,12H2,1-5H3/b11-9+,14-8+,17-10-. The van der Waals surface area contributed by atoms with Crippen LogP contribution in [0.5, 0.6) is 0 Å². The molecule has 128 valence electrons. The van der Waals surface area contributed by atoms with Gasteiger partial charge in [-0.05, 0) is 62.7 Å². The second kappa shape index (κ2) is 7.16. The molecule has 0 saturated carbocycles. The van der Waals surface area contributed by atoms with Gasteiger partial charge in [-0.1, -0.05) is 43.2 Å². The van der Waals surface area contributed by atoms with Crippen molar-refractivity contribution < 1.29 is 14.3 Å². The summed E-state index contributed by atoms with van der Waals surface area (Å²) in [5, 5.41) is 0. The molecular formula is C21H26O3. The fourth-order valence-electron chi connectivity index (χ4n) is 3.29. The highest BCUT2D eigenvalue weighted by atomic mass is 16.6. The second-order valence-corrected chi connectivity index (χ2v) is 7.29. The maximum absolute atomic E-state index is 11.8. The van der Waals surface area contributed by atoms with E-state index in [4.69, 9.17) is 0 Å². The number of rotatable bonds is 3. The van der Waals surface area contributed by atoms with Gasteiger partial charge < -0.3 is 4.74 Å². The molecule has 1 aliphatic carbocycles. The summed E-state index contributed by atoms with van der Waals surface area (Å²) >= 11 is 0. The van der Waals surface area contributed by atoms with Gasteiger partial charge in [-0.2, -0.15) is 0 Å². The zero-order valence-corrected chi connectivity index (χ0v) is 15.2. The molecule has 3 heteroatoms. The number of hydrogen-bond acceptors (Lipinski definition) is 3. The van der Waals surface area contributed by atoms with Gasteiger partial charge in [0.25, 0.3) is 0 Å². The van der Waals surface area contributed by atoms with Crippen LogP contribution >= 0.6 is 0 Å². The number of allylic oxidation sites excluding steroid dienone is 7. The predicted molar refractivity (Wildman–Crippen MR) is 96.2 cm³/mol. The highest BCUT2D eigenvalue weighted by Gasteiger charge is 2.26. The smallest absolute Gasteiger partial charge is 0.346 e. The Morgan fingerprint density at radius 1 is 1.25 bits per heavy atom. The van der Waals surface area contributed by atoms with E-state index in [0.29, 0.717) is 11.1 Å². The van der Waals surface area contributed by atoms with Crippen molar-refractivity contribution in [2.45, 2.75) is 53.9 Å². The lowest BCUT2D eigenvalue weighted by atomic mass is 9.72. The Labute approximate surface area is 144 Å². The van der Waals surface area contributed by atoms with Crippen LogP contribution in [-0.4, -0.2) is 11.9 Å². The van der Waals surface area contributed by atoms with E-state index in [9.17, 15) is 9.59 Å². The summed E-state index contributed by atoms with van der Waals surface area (Å²) in [6.07, 6.45) is 12.8. The maximum Gasteiger partial charge on any atom is 0.346 e. The lowest BCUT2D eigenvalue weighted by Gasteiger charge is -2.32. The Morgan fingerprint density at radius 2 is 1.96 bits per heavy atom. The topological polar surface area (TPSA) is 43.4 Å². The van der Waals surface area contributed by atoms with E-state index in [1.54, 1.807) is 13.0 Å². The molecule has 2 rings (SSSR count). The molecule has 0 aromatic heterocycles. The molecule has 0 bridgehead atoms. The van der Waals surface area contributed by atoms with Gasteiger partial charge in [0.15, 0.2) is 0 Å². The van der Waals surface area contributed by atoms with E-state index in [2.05, 4.69) is 37.7 Å². The van der Waals surface area contributed by atoms with Crippen molar-refractivity contribution in [2.24, 2.45) is 5.41 Å². The number of carbonyl (C=O) groups excluding carboxylic acids is 2. The highest BCUT2D eigenvalue weighted by molar-refractivity contribution is 6.07. The minimum atomic E-state index is -0.600. The van der Waals surface area contributed by atoms with Crippen molar-refractivity contribution in [3.63, 3.8) is 0 Å². The fourth-order valence-corrected chi connectivity index (χ4v) is 3.29. The van der Waals surface area contributed by atoms with Crippen LogP contribution in [0.15, 0.2) is 58.2 Å². The minimum absolute atomic E-state index is 0.213. The van der Waals surface area contributed by atoms with Crippen molar-refractivity contribution in [2.75, 3.05) is 0 Å². The molecule has 1 aliphatic heterocycles. The van der Waals surface area contributed by atoms with E-state index < -0.39 is 11.9 Å². The number of hydrogen-bond donors (Lipinski definition) is 0. The molecule has 0 fully saturated rings. The van der Waals surface area contributed by atoms with Crippen molar-refractivity contribution in [1.82, 2.24) is 0 Å². The average Bonchev–Trinajstić information content (AvgIpc) is 2.44. The van der Waals surface area contributed by atoms with Crippen molar-refractivity contribution >= 4 is 11.9 Å². The summed E-state index contributed by atoms with van der Waals surface area (Å²) in [5.74, 6) is -1.18. The van der Waals surface area contributed by atoms with Crippen molar-refractivity contribution in [3.05, 3.63) is 58.2 Å². The van der Waals surface area contributed by atoms with Gasteiger partial charge in [0.2, 0.25) is 0 Å². The molecule has 1 heterocycles. The Kier molecular flexibility index (Phi) is 5.43. The molecule has 24 heavy (non-hydrogen) atoms. The van der Waals surface area contributed by atoms with Crippen LogP contribution in [0.2, 0.25) is 0 Å². The summed E-state index contributed by atoms with van der Waals surface area (Å²) in [4.78, 5) is 22.9. The number of esters is 2. The van der Waals surface area contributed by atoms with Crippen LogP contribution in [0.25, 0.3) is 0 Å². The predicted octanol–water partition coefficient (Wildman–Crippen LogP) is 4.97. The van der Waals surface area contributed by atoms with Gasteiger partial charge in [-0.15, -0.1) is 0 Å². The summed E-state index contributed by atoms with van der Waals surface area (Å²) in [7, 11) is 0. The quantitative estimate of drug-likeness (QED) is 0.318. The van der Waals surface area contributed by atoms with Crippen molar-refractivity contribution in [1.29, 1.82) is 0 Å². The summed E-state index contributed by atoms with van der Waals surface area (Å²) in [6.45, 7) is 10.5. The maximum atomic E-state index is 11.8. The van der Waals surface area contributed by atoms with Gasteiger partial charge >= 0.3 is 11.9 Å². The first-order valence-electron chi connectivity index (χ1n) is 8.42. The molecule has 0 unspecified atom stereocenters. The third-order valence-corrected chi connectivity index (χ3v) is 4.74. The largest absolute Gasteiger partial charge is 0.386 e. The van der Waals surface area contributed by atoms with Gasteiger partial charge in [0.1, 0.15) is 0 Å². The molecule has 3 nitrogen and oxygen atoms in total. The Morgan fingerprint density at radius 3 is 2.58 bits per heavy atom. The number of cyclic esters (lactones) is 2. The van der Waals surface area contributed by atoms with Crippen molar-refractivity contribution in [3.8, 4) is 0 Å². The van der Waals surface area contributed by atoms with E-state index in [-0.39, 0.29) is 5.41 Å². The molecular weight excluding hydrogens is 300 g/mol. The van der Waals surface area contributed by atoms with Gasteiger partial charge in [0, 0.05) is 6.08 Å². The lowest BCUT2D eigenvalue weighted by molar-refractivity contribution is -0.153. The zero-order valence-electron chi connectivity index (χ0n) is 15.2. The lowest BCUT2D eigenvalue weighted by Crippen LogP contribution is -2.19. The van der Waals surface area contributed by atoms with Crippen LogP contribution in [0.3, 0.4) is 0 Å². The second-order valence-electron chi connectivity index (χ2n) is 7.29. The normalized spacial score (nSPS) is 23.8. The molecule has 0 spiro atoms. The first-order valence-corrected chi connectivity index (χ1v) is 8.42. The third kappa shape index (κ3) is 4.22. The third-order valence-electron chi connectivity index (χ3n) is 4.74. The SMILES string of the molecule is CC1=CC(=O)OC(=O)\C1=C/C=C(C)/C=C/C1=C(C)CCCC1(C)C. The van der Waals surface area contributed by atoms with E-state index >= 15 is 0 Å². The first-order chi connectivity index (χ1) is 11.2. The van der Waals surface area contributed by atoms with E-state index in [1.165, 1.54) is 36.5 Å². The molecule has 0 radical (unpaired) electrons. The Bertz CT molecular complexity index is 709. The molecule has 0 aromatic rings. The molecule has 0 amide bonds. The Hall–Kier alpha value is -2.16. The van der Waals surface area contributed by atoms with Crippen LogP contribution in [0, 0.1) is 5.41 Å². The molecule has 0 atom stereocenters. The first kappa shape index (κ1) is 18.2. The Balaban J connectivity index is 2.20. The van der Waals surface area contributed by atoms with Crippen LogP contribution in [0.4, 0.5) is 0 Å². The molecule has 0 N–H and O–H groups in total. The highest BCUT2D eigenvalue weighted by Crippen LogP contribution is 2.40.